The number of hydrogen-bond donors (Lipinski definition) is 8. The van der Waals surface area contributed by atoms with Gasteiger partial charge >= 0.3 is 27.8 Å². The minimum Gasteiger partial charge on any atom is -0.508 e. The normalized spacial score (nSPS) is 17.1. The molecule has 8 heterocycles. The van der Waals surface area contributed by atoms with E-state index in [0.29, 0.717) is 47.3 Å². The smallest absolute Gasteiger partial charge is 0.508 e. The highest BCUT2D eigenvalue weighted by molar-refractivity contribution is 7.86. The Hall–Kier alpha value is -9.19. The summed E-state index contributed by atoms with van der Waals surface area (Å²) in [5.74, 6) is -2.33. The molecule has 480 valence electrons. The Bertz CT molecular complexity index is 3780. The number of carboxylic acid groups (broad SMARTS) is 1. The van der Waals surface area contributed by atoms with E-state index in [0.717, 1.165) is 99.7 Å². The number of carbonyl (C=O) groups is 4. The third-order valence-electron chi connectivity index (χ3n) is 16.1. The molecule has 8 aliphatic heterocycles. The minimum atomic E-state index is -5.84. The highest BCUT2D eigenvalue weighted by atomic mass is 32.2. The van der Waals surface area contributed by atoms with Gasteiger partial charge in [-0.05, 0) is 136 Å². The van der Waals surface area contributed by atoms with Gasteiger partial charge in [-0.15, -0.1) is 0 Å². The number of benzene rings is 6. The molecule has 4 bridgehead atoms. The van der Waals surface area contributed by atoms with Crippen molar-refractivity contribution in [3.05, 3.63) is 142 Å². The van der Waals surface area contributed by atoms with Gasteiger partial charge in [0.15, 0.2) is 0 Å². The molecule has 6 aromatic rings. The van der Waals surface area contributed by atoms with Gasteiger partial charge in [-0.3, -0.25) is 28.7 Å². The Morgan fingerprint density at radius 1 is 0.567 bits per heavy atom. The number of hydrogen-bond acceptors (Lipinski definition) is 18. The standard InChI is InChI=1S/2C20H24N4O2.C10H11NO.C8H5NO2.C2HF3O2.CHF3O3S/c2*1-3-22-11-21(2)8-14-7-18(26)20-16(19(14)22)10-23-12-24(20)9-13-6-15(25)4-5-17(13)23;1-10(2)7-5-3-4-6-8(7)11-9(10)12;10-7-5-3-1-2-4-6(5)9-8(7)11;3-2(4,5)1(6)7;2-1(3,4)8(5,6)7/h2*4-7,25-26H,3,8-12H2,1-2H3;3-6H,1-2H3,(H,11,12);1-4H,(H,9,10,11);(H,6,7);(H,5,6,7). The number of carboxylic acids is 1. The third kappa shape index (κ3) is 13.2. The molecule has 0 saturated heterocycles. The number of aliphatic carboxylic acids is 1. The number of carbonyl (C=O) groups excluding carboxylic acids is 3. The molecule has 0 unspecified atom stereocenters. The van der Waals surface area contributed by atoms with Crippen LogP contribution in [0.5, 0.6) is 23.0 Å². The van der Waals surface area contributed by atoms with Crippen molar-refractivity contribution < 1.29 is 84.0 Å². The number of halogens is 6. The van der Waals surface area contributed by atoms with Gasteiger partial charge in [0.25, 0.3) is 11.7 Å². The fourth-order valence-corrected chi connectivity index (χ4v) is 12.2. The van der Waals surface area contributed by atoms with Crippen molar-refractivity contribution in [3.63, 3.8) is 0 Å². The van der Waals surface area contributed by atoms with Crippen LogP contribution in [0.15, 0.2) is 97.1 Å². The molecular weight excluding hydrogens is 1210 g/mol. The number of phenolic OH excluding ortho intramolecular Hbond substituents is 4. The van der Waals surface area contributed by atoms with Crippen LogP contribution in [-0.4, -0.2) is 137 Å². The second-order valence-electron chi connectivity index (χ2n) is 22.9. The third-order valence-corrected chi connectivity index (χ3v) is 16.7. The summed E-state index contributed by atoms with van der Waals surface area (Å²) in [6.07, 6.45) is -5.08. The van der Waals surface area contributed by atoms with Crippen molar-refractivity contribution in [2.75, 3.05) is 93.9 Å². The molecule has 0 spiro atoms. The van der Waals surface area contributed by atoms with Gasteiger partial charge in [-0.2, -0.15) is 34.8 Å². The first kappa shape index (κ1) is 65.3. The number of fused-ring (bicyclic) bond motifs is 18. The summed E-state index contributed by atoms with van der Waals surface area (Å²) < 4.78 is 89.3. The SMILES string of the molecule is CC1(C)C(=O)Nc2ccccc21.CCN1CN(C)Cc2cc(O)c3c(c21)CN1CN3Cc2cc(O)ccc21.CCN1CN(C)Cc2cc(O)c3c(c21)CN1CN3Cc2cc(O)ccc21.O=C(O)C(F)(F)F.O=C1Nc2ccccc2C1=O.O=S(=O)(O)C(F)(F)F. The number of aromatic hydroxyl groups is 4. The molecule has 6 aromatic carbocycles. The monoisotopic (exact) mass is 1280 g/mol. The lowest BCUT2D eigenvalue weighted by Gasteiger charge is -2.47. The minimum absolute atomic E-state index is 0.0868. The maximum absolute atomic E-state index is 11.4. The van der Waals surface area contributed by atoms with Crippen molar-refractivity contribution >= 4 is 79.2 Å². The van der Waals surface area contributed by atoms with Crippen LogP contribution in [0.1, 0.15) is 77.0 Å². The number of rotatable bonds is 2. The van der Waals surface area contributed by atoms with E-state index < -0.39 is 39.5 Å². The number of phenols is 4. The molecule has 29 heteroatoms. The number of para-hydroxylation sites is 2. The van der Waals surface area contributed by atoms with Gasteiger partial charge in [0, 0.05) is 91.9 Å². The first-order chi connectivity index (χ1) is 42.2. The van der Waals surface area contributed by atoms with Crippen molar-refractivity contribution in [1.82, 2.24) is 9.80 Å². The van der Waals surface area contributed by atoms with Crippen LogP contribution >= 0.6 is 0 Å². The molecule has 14 rings (SSSR count). The quantitative estimate of drug-likeness (QED) is 0.0347. The van der Waals surface area contributed by atoms with E-state index in [-0.39, 0.29) is 11.3 Å². The molecule has 0 radical (unpaired) electrons. The topological polar surface area (TPSA) is 274 Å². The number of anilines is 8. The van der Waals surface area contributed by atoms with Crippen LogP contribution in [0.4, 0.5) is 71.8 Å². The van der Waals surface area contributed by atoms with Crippen LogP contribution in [-0.2, 0) is 69.2 Å². The summed E-state index contributed by atoms with van der Waals surface area (Å²) in [6, 6.07) is 29.8. The number of amides is 2. The first-order valence-electron chi connectivity index (χ1n) is 28.2. The maximum Gasteiger partial charge on any atom is 0.522 e. The molecule has 0 aliphatic carbocycles. The van der Waals surface area contributed by atoms with Crippen LogP contribution in [0.25, 0.3) is 0 Å². The Kier molecular flexibility index (Phi) is 18.1. The Morgan fingerprint density at radius 3 is 1.39 bits per heavy atom. The van der Waals surface area contributed by atoms with Gasteiger partial charge in [0.05, 0.1) is 54.7 Å². The average Bonchev–Trinajstić information content (AvgIpc) is 1.04. The lowest BCUT2D eigenvalue weighted by atomic mass is 9.86. The van der Waals surface area contributed by atoms with E-state index in [1.165, 1.54) is 45.0 Å². The molecule has 8 N–H and O–H groups in total. The predicted molar refractivity (Wildman–Crippen MR) is 324 cm³/mol. The Morgan fingerprint density at radius 2 is 0.989 bits per heavy atom. The Balaban J connectivity index is 0.000000139. The predicted octanol–water partition coefficient (Wildman–Crippen LogP) is 9.01. The second-order valence-corrected chi connectivity index (χ2v) is 24.3. The van der Waals surface area contributed by atoms with Crippen molar-refractivity contribution in [1.29, 1.82) is 0 Å². The van der Waals surface area contributed by atoms with Crippen LogP contribution in [0.2, 0.25) is 0 Å². The van der Waals surface area contributed by atoms with Gasteiger partial charge in [0.1, 0.15) is 23.0 Å². The zero-order valence-corrected chi connectivity index (χ0v) is 50.4. The number of ketones is 1. The molecule has 2 amide bonds. The van der Waals surface area contributed by atoms with Gasteiger partial charge in [0.2, 0.25) is 5.91 Å². The first-order valence-corrected chi connectivity index (χ1v) is 29.6. The number of nitrogens with one attached hydrogen (secondary N) is 2. The van der Waals surface area contributed by atoms with E-state index >= 15 is 0 Å². The van der Waals surface area contributed by atoms with E-state index in [4.69, 9.17) is 22.9 Å². The highest BCUT2D eigenvalue weighted by Gasteiger charge is 2.45. The summed E-state index contributed by atoms with van der Waals surface area (Å²) in [7, 11) is -1.61. The summed E-state index contributed by atoms with van der Waals surface area (Å²) in [5.41, 5.74) is 11.1. The van der Waals surface area contributed by atoms with E-state index in [1.807, 2.05) is 74.5 Å². The van der Waals surface area contributed by atoms with Crippen LogP contribution in [0, 0.1) is 0 Å². The second kappa shape index (κ2) is 25.0. The maximum atomic E-state index is 11.4. The van der Waals surface area contributed by atoms with Gasteiger partial charge < -0.3 is 65.6 Å². The van der Waals surface area contributed by atoms with E-state index in [2.05, 4.69) is 77.8 Å². The van der Waals surface area contributed by atoms with Crippen molar-refractivity contribution in [3.8, 4) is 23.0 Å². The molecule has 22 nitrogen and oxygen atoms in total. The van der Waals surface area contributed by atoms with Gasteiger partial charge in [-0.1, -0.05) is 30.3 Å². The zero-order chi connectivity index (χ0) is 65.7. The fourth-order valence-electron chi connectivity index (χ4n) is 12.2. The largest absolute Gasteiger partial charge is 0.522 e. The molecule has 0 aromatic heterocycles. The number of alkyl halides is 6. The van der Waals surface area contributed by atoms with E-state index in [9.17, 15) is 61.2 Å². The molecule has 0 atom stereocenters. The molecular formula is C61H66F6N10O12S. The van der Waals surface area contributed by atoms with Crippen LogP contribution in [0.3, 0.4) is 0 Å². The van der Waals surface area contributed by atoms with Crippen molar-refractivity contribution in [2.24, 2.45) is 0 Å². The molecule has 0 fully saturated rings. The highest BCUT2D eigenvalue weighted by Crippen LogP contribution is 2.51. The van der Waals surface area contributed by atoms with Crippen molar-refractivity contribution in [2.45, 2.75) is 84.1 Å². The lowest BCUT2D eigenvalue weighted by molar-refractivity contribution is -0.192. The lowest BCUT2D eigenvalue weighted by Crippen LogP contribution is -2.48. The molecule has 8 aliphatic rings. The average molecular weight is 1280 g/mol. The fraction of sp³-hybridized carbons (Fsp3) is 0.344. The summed E-state index contributed by atoms with van der Waals surface area (Å²) >= 11 is 0. The molecule has 90 heavy (non-hydrogen) atoms. The summed E-state index contributed by atoms with van der Waals surface area (Å²) in [4.78, 5) is 60.6. The molecule has 0 saturated carbocycles. The summed E-state index contributed by atoms with van der Waals surface area (Å²) in [6.45, 7) is 18.2. The van der Waals surface area contributed by atoms with E-state index in [1.54, 1.807) is 36.4 Å². The van der Waals surface area contributed by atoms with Crippen LogP contribution < -0.4 is 40.0 Å². The summed E-state index contributed by atoms with van der Waals surface area (Å²) in [5, 5.41) is 53.8. The zero-order valence-electron chi connectivity index (χ0n) is 49.6. The number of nitrogens with zero attached hydrogens (tertiary/aromatic N) is 8. The van der Waals surface area contributed by atoms with Gasteiger partial charge in [-0.25, -0.2) is 4.79 Å². The number of Topliss-reactive ketones (excluding diaryl/α,β-unsaturated/α-hetero) is 1. The Labute approximate surface area is 513 Å².